The molecule has 6 nitrogen and oxygen atoms in total. The zero-order chi connectivity index (χ0) is 15.4. The van der Waals surface area contributed by atoms with Crippen LogP contribution in [0.3, 0.4) is 0 Å². The second-order valence-corrected chi connectivity index (χ2v) is 5.42. The van der Waals surface area contributed by atoms with E-state index in [0.717, 1.165) is 6.42 Å². The summed E-state index contributed by atoms with van der Waals surface area (Å²) >= 11 is 3.36. The fourth-order valence-corrected chi connectivity index (χ4v) is 2.71. The topological polar surface area (TPSA) is 67.9 Å². The van der Waals surface area contributed by atoms with Gasteiger partial charge in [0.1, 0.15) is 16.0 Å². The molecule has 0 atom stereocenters. The van der Waals surface area contributed by atoms with Crippen molar-refractivity contribution in [2.45, 2.75) is 6.42 Å². The van der Waals surface area contributed by atoms with Gasteiger partial charge in [-0.3, -0.25) is 9.59 Å². The molecule has 1 fully saturated rings. The van der Waals surface area contributed by atoms with Crippen LogP contribution >= 0.6 is 15.9 Å². The molecule has 1 aromatic rings. The highest BCUT2D eigenvalue weighted by Crippen LogP contribution is 2.35. The van der Waals surface area contributed by atoms with E-state index in [0.29, 0.717) is 34.6 Å². The molecule has 1 saturated heterocycles. The van der Waals surface area contributed by atoms with Crippen molar-refractivity contribution in [2.24, 2.45) is 0 Å². The number of halogens is 1. The van der Waals surface area contributed by atoms with E-state index in [1.807, 2.05) is 0 Å². The number of carbonyl (C=O) groups is 2. The van der Waals surface area contributed by atoms with Gasteiger partial charge in [-0.25, -0.2) is 0 Å². The number of methoxy groups -OCH3 is 2. The minimum atomic E-state index is -0.212. The predicted octanol–water partition coefficient (Wildman–Crippen LogP) is 1.43. The van der Waals surface area contributed by atoms with Crippen LogP contribution in [0.4, 0.5) is 0 Å². The number of amides is 2. The highest BCUT2D eigenvalue weighted by atomic mass is 79.9. The molecule has 0 spiro atoms. The first-order chi connectivity index (χ1) is 10.1. The molecule has 0 saturated carbocycles. The van der Waals surface area contributed by atoms with Gasteiger partial charge in [0, 0.05) is 18.7 Å². The molecule has 7 heteroatoms. The van der Waals surface area contributed by atoms with Gasteiger partial charge in [0.15, 0.2) is 0 Å². The molecule has 0 aliphatic carbocycles. The Balaban J connectivity index is 2.31. The third-order valence-electron chi connectivity index (χ3n) is 3.24. The summed E-state index contributed by atoms with van der Waals surface area (Å²) in [7, 11) is 3.04. The second kappa shape index (κ2) is 6.80. The maximum atomic E-state index is 12.6. The third-order valence-corrected chi connectivity index (χ3v) is 4.02. The number of rotatable bonds is 3. The maximum Gasteiger partial charge on any atom is 0.254 e. The summed E-state index contributed by atoms with van der Waals surface area (Å²) in [6.45, 7) is 1.20. The van der Waals surface area contributed by atoms with Crippen LogP contribution in [0.5, 0.6) is 11.5 Å². The Bertz CT molecular complexity index is 537. The monoisotopic (exact) mass is 356 g/mol. The van der Waals surface area contributed by atoms with Gasteiger partial charge >= 0.3 is 0 Å². The predicted molar refractivity (Wildman–Crippen MR) is 80.8 cm³/mol. The van der Waals surface area contributed by atoms with Crippen LogP contribution in [0.15, 0.2) is 16.6 Å². The van der Waals surface area contributed by atoms with E-state index in [2.05, 4.69) is 21.2 Å². The molecule has 1 aliphatic heterocycles. The van der Waals surface area contributed by atoms with Gasteiger partial charge in [-0.1, -0.05) is 0 Å². The maximum absolute atomic E-state index is 12.6. The number of benzene rings is 1. The van der Waals surface area contributed by atoms with Crippen molar-refractivity contribution in [3.63, 3.8) is 0 Å². The van der Waals surface area contributed by atoms with Crippen LogP contribution < -0.4 is 14.8 Å². The molecule has 2 amide bonds. The number of nitrogens with one attached hydrogen (secondary N) is 1. The first kappa shape index (κ1) is 15.6. The van der Waals surface area contributed by atoms with Crippen molar-refractivity contribution in [1.82, 2.24) is 10.2 Å². The number of hydrogen-bond acceptors (Lipinski definition) is 4. The van der Waals surface area contributed by atoms with Crippen LogP contribution in [-0.2, 0) is 4.79 Å². The Labute approximate surface area is 131 Å². The second-order valence-electron chi connectivity index (χ2n) is 4.62. The lowest BCUT2D eigenvalue weighted by Gasteiger charge is -2.20. The van der Waals surface area contributed by atoms with E-state index in [1.165, 1.54) is 19.1 Å². The van der Waals surface area contributed by atoms with Crippen molar-refractivity contribution in [1.29, 1.82) is 0 Å². The van der Waals surface area contributed by atoms with Gasteiger partial charge in [0.2, 0.25) is 5.91 Å². The Hall–Kier alpha value is -1.76. The molecule has 21 heavy (non-hydrogen) atoms. The van der Waals surface area contributed by atoms with E-state index >= 15 is 0 Å². The number of ether oxygens (including phenoxy) is 2. The third kappa shape index (κ3) is 3.47. The fraction of sp³-hybridized carbons (Fsp3) is 0.429. The smallest absolute Gasteiger partial charge is 0.254 e. The summed E-state index contributed by atoms with van der Waals surface area (Å²) in [4.78, 5) is 25.7. The highest BCUT2D eigenvalue weighted by molar-refractivity contribution is 9.10. The number of hydrogen-bond donors (Lipinski definition) is 1. The van der Waals surface area contributed by atoms with Crippen LogP contribution in [0, 0.1) is 0 Å². The minimum absolute atomic E-state index is 0.0690. The Kier molecular flexibility index (Phi) is 5.06. The van der Waals surface area contributed by atoms with Crippen molar-refractivity contribution in [3.05, 3.63) is 22.2 Å². The van der Waals surface area contributed by atoms with Crippen molar-refractivity contribution in [2.75, 3.05) is 33.9 Å². The van der Waals surface area contributed by atoms with E-state index in [9.17, 15) is 9.59 Å². The average Bonchev–Trinajstić information content (AvgIpc) is 2.71. The van der Waals surface area contributed by atoms with E-state index in [4.69, 9.17) is 9.47 Å². The quantitative estimate of drug-likeness (QED) is 0.889. The molecular formula is C14H17BrN2O4. The van der Waals surface area contributed by atoms with E-state index in [-0.39, 0.29) is 18.4 Å². The van der Waals surface area contributed by atoms with Crippen LogP contribution in [0.2, 0.25) is 0 Å². The Morgan fingerprint density at radius 1 is 1.29 bits per heavy atom. The molecule has 0 aromatic heterocycles. The first-order valence-electron chi connectivity index (χ1n) is 6.54. The minimum Gasteiger partial charge on any atom is -0.495 e. The normalized spacial score (nSPS) is 15.2. The standard InChI is InChI=1S/C14H17BrN2O4/c1-20-10-6-9(7-11(21-2)13(10)15)14(19)17-5-3-4-16-12(18)8-17/h6-7H,3-5,8H2,1-2H3,(H,16,18). The Morgan fingerprint density at radius 3 is 2.48 bits per heavy atom. The molecule has 1 heterocycles. The van der Waals surface area contributed by atoms with Crippen molar-refractivity contribution in [3.8, 4) is 11.5 Å². The molecule has 2 rings (SSSR count). The fourth-order valence-electron chi connectivity index (χ4n) is 2.15. The van der Waals surface area contributed by atoms with Crippen LogP contribution in [0.1, 0.15) is 16.8 Å². The zero-order valence-corrected chi connectivity index (χ0v) is 13.5. The van der Waals surface area contributed by atoms with Gasteiger partial charge in [0.25, 0.3) is 5.91 Å². The zero-order valence-electron chi connectivity index (χ0n) is 11.9. The molecule has 0 unspecified atom stereocenters. The van der Waals surface area contributed by atoms with Gasteiger partial charge in [0.05, 0.1) is 20.8 Å². The lowest BCUT2D eigenvalue weighted by molar-refractivity contribution is -0.121. The molecule has 114 valence electrons. The van der Waals surface area contributed by atoms with Crippen LogP contribution in [0.25, 0.3) is 0 Å². The van der Waals surface area contributed by atoms with E-state index in [1.54, 1.807) is 12.1 Å². The molecule has 1 aromatic carbocycles. The summed E-state index contributed by atoms with van der Waals surface area (Å²) in [6.07, 6.45) is 0.738. The number of carbonyl (C=O) groups excluding carboxylic acids is 2. The number of nitrogens with zero attached hydrogens (tertiary/aromatic N) is 1. The molecule has 1 aliphatic rings. The molecule has 0 bridgehead atoms. The lowest BCUT2D eigenvalue weighted by Crippen LogP contribution is -2.37. The van der Waals surface area contributed by atoms with Gasteiger partial charge in [-0.15, -0.1) is 0 Å². The average molecular weight is 357 g/mol. The SMILES string of the molecule is COc1cc(C(=O)N2CCCNC(=O)C2)cc(OC)c1Br. The summed E-state index contributed by atoms with van der Waals surface area (Å²) in [5.74, 6) is 0.669. The lowest BCUT2D eigenvalue weighted by atomic mass is 10.1. The largest absolute Gasteiger partial charge is 0.495 e. The van der Waals surface area contributed by atoms with Crippen LogP contribution in [-0.4, -0.2) is 50.6 Å². The molecule has 0 radical (unpaired) electrons. The first-order valence-corrected chi connectivity index (χ1v) is 7.33. The van der Waals surface area contributed by atoms with Gasteiger partial charge < -0.3 is 19.7 Å². The molecule has 1 N–H and O–H groups in total. The van der Waals surface area contributed by atoms with Gasteiger partial charge in [-0.05, 0) is 34.5 Å². The van der Waals surface area contributed by atoms with E-state index < -0.39 is 0 Å². The van der Waals surface area contributed by atoms with Crippen molar-refractivity contribution >= 4 is 27.7 Å². The highest BCUT2D eigenvalue weighted by Gasteiger charge is 2.23. The summed E-state index contributed by atoms with van der Waals surface area (Å²) in [5.41, 5.74) is 0.432. The Morgan fingerprint density at radius 2 is 1.90 bits per heavy atom. The molecular weight excluding hydrogens is 340 g/mol. The summed E-state index contributed by atoms with van der Waals surface area (Å²) in [5, 5.41) is 2.75. The summed E-state index contributed by atoms with van der Waals surface area (Å²) < 4.78 is 11.1. The van der Waals surface area contributed by atoms with Gasteiger partial charge in [-0.2, -0.15) is 0 Å². The van der Waals surface area contributed by atoms with Crippen molar-refractivity contribution < 1.29 is 19.1 Å². The summed E-state index contributed by atoms with van der Waals surface area (Å²) in [6, 6.07) is 3.27.